The Labute approximate surface area is 214 Å². The van der Waals surface area contributed by atoms with Crippen molar-refractivity contribution >= 4 is 40.1 Å². The Kier molecular flexibility index (Phi) is 6.62. The molecular weight excluding hydrogens is 507 g/mol. The number of thioether (sulfide) groups is 1. The highest BCUT2D eigenvalue weighted by molar-refractivity contribution is 8.00. The minimum absolute atomic E-state index is 0.0463. The van der Waals surface area contributed by atoms with Gasteiger partial charge in [-0.3, -0.25) is 14.9 Å². The number of imidazole rings is 1. The highest BCUT2D eigenvalue weighted by Gasteiger charge is 2.33. The molecule has 2 aliphatic heterocycles. The van der Waals surface area contributed by atoms with Gasteiger partial charge in [0.15, 0.2) is 0 Å². The predicted octanol–water partition coefficient (Wildman–Crippen LogP) is 1.84. The third kappa shape index (κ3) is 4.44. The number of fused-ring (bicyclic) bond motifs is 3. The van der Waals surface area contributed by atoms with Gasteiger partial charge in [-0.25, -0.2) is 14.2 Å². The first-order chi connectivity index (χ1) is 17.6. The molecule has 1 fully saturated rings. The molecule has 0 aliphatic carbocycles. The number of anilines is 2. The lowest BCUT2D eigenvalue weighted by Crippen LogP contribution is -2.49. The van der Waals surface area contributed by atoms with Crippen LogP contribution >= 0.6 is 11.8 Å². The molecule has 4 heterocycles. The van der Waals surface area contributed by atoms with Crippen LogP contribution in [0.15, 0.2) is 28.2 Å². The van der Waals surface area contributed by atoms with E-state index in [1.807, 2.05) is 16.7 Å². The first kappa shape index (κ1) is 25.5. The van der Waals surface area contributed by atoms with Crippen LogP contribution in [0.3, 0.4) is 0 Å². The van der Waals surface area contributed by atoms with Gasteiger partial charge in [-0.2, -0.15) is 0 Å². The summed E-state index contributed by atoms with van der Waals surface area (Å²) in [4.78, 5) is 32.3. The summed E-state index contributed by atoms with van der Waals surface area (Å²) < 4.78 is 18.4. The van der Waals surface area contributed by atoms with Crippen LogP contribution in [0.1, 0.15) is 28.5 Å². The molecular formula is C23H26FN6O6S-. The average molecular weight is 534 g/mol. The molecule has 0 spiro atoms. The molecule has 1 saturated heterocycles. The van der Waals surface area contributed by atoms with Crippen LogP contribution in [0, 0.1) is 17.9 Å². The monoisotopic (exact) mass is 533 g/mol. The number of rotatable bonds is 7. The Morgan fingerprint density at radius 1 is 1.30 bits per heavy atom. The van der Waals surface area contributed by atoms with E-state index in [1.54, 1.807) is 17.6 Å². The zero-order valence-corrected chi connectivity index (χ0v) is 21.0. The first-order valence-corrected chi connectivity index (χ1v) is 12.6. The van der Waals surface area contributed by atoms with E-state index in [1.165, 1.54) is 22.5 Å². The standard InChI is InChI=1S/C23H26FN6O6S/c1-12-25-9-19(30(35)36)28(12)11-14(31)10-26-3-5-27(6-4-26)18-8-17-15(7-16(18)24)21(32)20(23(33)34)22-29(17)13(2)37-22/h7-9,13-14,31,35H,3-6,10-11H2,1-2H3,(H,33,34)/q-1. The van der Waals surface area contributed by atoms with Gasteiger partial charge in [0, 0.05) is 38.1 Å². The van der Waals surface area contributed by atoms with Crippen molar-refractivity contribution in [1.82, 2.24) is 19.0 Å². The smallest absolute Gasteiger partial charge is 0.342 e. The highest BCUT2D eigenvalue weighted by atomic mass is 32.2. The van der Waals surface area contributed by atoms with Gasteiger partial charge in [-0.05, 0) is 26.0 Å². The third-order valence-corrected chi connectivity index (χ3v) is 8.07. The fourth-order valence-corrected chi connectivity index (χ4v) is 6.19. The lowest BCUT2D eigenvalue weighted by molar-refractivity contribution is 0.0689. The molecule has 2 unspecified atom stereocenters. The lowest BCUT2D eigenvalue weighted by Gasteiger charge is -2.38. The summed E-state index contributed by atoms with van der Waals surface area (Å²) in [5.74, 6) is -1.49. The van der Waals surface area contributed by atoms with Crippen molar-refractivity contribution in [2.24, 2.45) is 0 Å². The molecule has 0 amide bonds. The fraction of sp³-hybridized carbons (Fsp3) is 0.435. The zero-order chi connectivity index (χ0) is 26.6. The number of pyridine rings is 1. The largest absolute Gasteiger partial charge is 0.732 e. The average Bonchev–Trinajstić information content (AvgIpc) is 3.19. The van der Waals surface area contributed by atoms with Gasteiger partial charge in [0.05, 0.1) is 40.4 Å². The highest BCUT2D eigenvalue weighted by Crippen LogP contribution is 2.46. The van der Waals surface area contributed by atoms with Crippen LogP contribution in [-0.4, -0.2) is 79.2 Å². The number of aliphatic hydroxyl groups excluding tert-OH is 1. The molecule has 12 nitrogen and oxygen atoms in total. The summed E-state index contributed by atoms with van der Waals surface area (Å²) in [5, 5.41) is 40.7. The number of carboxylic acids is 1. The van der Waals surface area contributed by atoms with E-state index < -0.39 is 23.3 Å². The topological polar surface area (TPSA) is 150 Å². The van der Waals surface area contributed by atoms with Crippen LogP contribution in [0.5, 0.6) is 0 Å². The van der Waals surface area contributed by atoms with Gasteiger partial charge in [-0.15, -0.1) is 0 Å². The number of aliphatic hydroxyl groups is 1. The summed E-state index contributed by atoms with van der Waals surface area (Å²) >= 11 is 1.30. The minimum Gasteiger partial charge on any atom is -0.732 e. The molecule has 2 atom stereocenters. The van der Waals surface area contributed by atoms with E-state index in [2.05, 4.69) is 4.98 Å². The molecule has 2 aliphatic rings. The van der Waals surface area contributed by atoms with Crippen LogP contribution < -0.4 is 15.6 Å². The second-order valence-corrected chi connectivity index (χ2v) is 10.5. The molecule has 198 valence electrons. The Bertz CT molecular complexity index is 1430. The van der Waals surface area contributed by atoms with E-state index in [-0.39, 0.29) is 33.9 Å². The molecule has 2 aromatic heterocycles. The number of aryl methyl sites for hydroxylation is 1. The Balaban J connectivity index is 1.31. The van der Waals surface area contributed by atoms with E-state index in [4.69, 9.17) is 0 Å². The van der Waals surface area contributed by atoms with Crippen molar-refractivity contribution in [3.8, 4) is 0 Å². The predicted molar refractivity (Wildman–Crippen MR) is 135 cm³/mol. The number of piperazine rings is 1. The summed E-state index contributed by atoms with van der Waals surface area (Å²) in [6.07, 6.45) is 0.402. The van der Waals surface area contributed by atoms with Crippen LogP contribution in [0.2, 0.25) is 0 Å². The number of benzene rings is 1. The summed E-state index contributed by atoms with van der Waals surface area (Å²) in [6, 6.07) is 2.75. The second-order valence-electron chi connectivity index (χ2n) is 9.21. The van der Waals surface area contributed by atoms with Crippen LogP contribution in [0.25, 0.3) is 10.9 Å². The van der Waals surface area contributed by atoms with Crippen LogP contribution in [-0.2, 0) is 6.54 Å². The first-order valence-electron chi connectivity index (χ1n) is 11.7. The van der Waals surface area contributed by atoms with E-state index in [9.17, 15) is 30.2 Å². The van der Waals surface area contributed by atoms with E-state index in [0.29, 0.717) is 54.8 Å². The molecule has 1 aromatic carbocycles. The van der Waals surface area contributed by atoms with Crippen LogP contribution in [0.4, 0.5) is 15.9 Å². The number of aromatic nitrogens is 3. The van der Waals surface area contributed by atoms with Gasteiger partial charge < -0.3 is 34.7 Å². The SMILES string of the molecule is Cc1ncc(N([O-])O)n1CC(O)CN1CCN(c2cc3c(cc2F)c(=O)c(C(=O)O)c2n3C(C)S2)CC1. The number of carbonyl (C=O) groups is 1. The molecule has 3 N–H and O–H groups in total. The van der Waals surface area contributed by atoms with E-state index >= 15 is 4.39 Å². The number of aromatic carboxylic acids is 1. The van der Waals surface area contributed by atoms with Gasteiger partial charge in [0.1, 0.15) is 23.0 Å². The van der Waals surface area contributed by atoms with Crippen molar-refractivity contribution in [2.45, 2.75) is 36.9 Å². The summed E-state index contributed by atoms with van der Waals surface area (Å²) in [6.45, 7) is 5.98. The Hall–Kier alpha value is -3.17. The van der Waals surface area contributed by atoms with Crippen molar-refractivity contribution in [1.29, 1.82) is 0 Å². The fourth-order valence-electron chi connectivity index (χ4n) is 5.04. The van der Waals surface area contributed by atoms with Gasteiger partial charge in [0.2, 0.25) is 5.43 Å². The number of hydrogen-bond acceptors (Lipinski definition) is 10. The molecule has 5 rings (SSSR count). The molecule has 37 heavy (non-hydrogen) atoms. The normalized spacial score (nSPS) is 18.5. The van der Waals surface area contributed by atoms with Crippen molar-refractivity contribution in [3.05, 3.63) is 51.0 Å². The van der Waals surface area contributed by atoms with E-state index in [0.717, 1.165) is 6.07 Å². The minimum atomic E-state index is -1.32. The molecule has 0 saturated carbocycles. The number of β-amino-alcohol motifs (C(OH)–C–C–N with tert-alkyl or cyclic N) is 1. The Morgan fingerprint density at radius 2 is 2.00 bits per heavy atom. The third-order valence-electron chi connectivity index (χ3n) is 6.89. The summed E-state index contributed by atoms with van der Waals surface area (Å²) in [7, 11) is 0. The maximum Gasteiger partial charge on any atom is 0.342 e. The van der Waals surface area contributed by atoms with Gasteiger partial charge >= 0.3 is 5.97 Å². The van der Waals surface area contributed by atoms with Gasteiger partial charge in [0.25, 0.3) is 0 Å². The summed E-state index contributed by atoms with van der Waals surface area (Å²) in [5.41, 5.74) is -0.163. The Morgan fingerprint density at radius 3 is 2.62 bits per heavy atom. The quantitative estimate of drug-likeness (QED) is 0.382. The van der Waals surface area contributed by atoms with Crippen molar-refractivity contribution in [3.63, 3.8) is 0 Å². The number of hydrogen-bond donors (Lipinski definition) is 3. The number of nitrogens with zero attached hydrogens (tertiary/aromatic N) is 6. The maximum atomic E-state index is 15.2. The molecule has 14 heteroatoms. The maximum absolute atomic E-state index is 15.2. The second kappa shape index (κ2) is 9.61. The van der Waals surface area contributed by atoms with Crippen molar-refractivity contribution < 1.29 is 24.6 Å². The number of carboxylic acid groups (broad SMARTS) is 1. The number of halogens is 1. The molecule has 3 aromatic rings. The molecule has 0 bridgehead atoms. The van der Waals surface area contributed by atoms with Crippen molar-refractivity contribution in [2.75, 3.05) is 42.9 Å². The lowest BCUT2D eigenvalue weighted by atomic mass is 10.1. The zero-order valence-electron chi connectivity index (χ0n) is 20.2. The molecule has 0 radical (unpaired) electrons. The van der Waals surface area contributed by atoms with Gasteiger partial charge in [-0.1, -0.05) is 11.8 Å².